The van der Waals surface area contributed by atoms with Crippen LogP contribution in [0.4, 0.5) is 0 Å². The fourth-order valence-corrected chi connectivity index (χ4v) is 0.990. The van der Waals surface area contributed by atoms with Crippen molar-refractivity contribution in [2.45, 2.75) is 0 Å². The number of nitrogens with zero attached hydrogens (tertiary/aromatic N) is 1. The minimum Gasteiger partial charge on any atom is -0.274 e. The molecule has 4 heteroatoms. The summed E-state index contributed by atoms with van der Waals surface area (Å²) in [4.78, 5) is 13.9. The van der Waals surface area contributed by atoms with Crippen LogP contribution >= 0.6 is 24.0 Å². The summed E-state index contributed by atoms with van der Waals surface area (Å²) in [7, 11) is 0. The molecule has 0 aliphatic carbocycles. The molecule has 8 heavy (non-hydrogen) atoms. The van der Waals surface area contributed by atoms with Gasteiger partial charge in [-0.05, 0) is 12.6 Å². The van der Waals surface area contributed by atoms with Crippen molar-refractivity contribution >= 4 is 29.1 Å². The Labute approximate surface area is 56.0 Å². The number of aromatic nitrogens is 1. The van der Waals surface area contributed by atoms with Crippen molar-refractivity contribution in [2.24, 2.45) is 0 Å². The van der Waals surface area contributed by atoms with E-state index in [2.05, 4.69) is 17.6 Å². The van der Waals surface area contributed by atoms with Crippen LogP contribution in [0, 0.1) is 0 Å². The Morgan fingerprint density at radius 3 is 2.88 bits per heavy atom. The summed E-state index contributed by atoms with van der Waals surface area (Å²) >= 11 is 5.57. The van der Waals surface area contributed by atoms with E-state index in [-0.39, 0.29) is 5.12 Å². The minimum atomic E-state index is -0.375. The Balaban J connectivity index is 2.93. The van der Waals surface area contributed by atoms with E-state index in [9.17, 15) is 4.79 Å². The fraction of sp³-hybridized carbons (Fsp3) is 0. The zero-order valence-electron chi connectivity index (χ0n) is 3.83. The third-order valence-electron chi connectivity index (χ3n) is 0.607. The Morgan fingerprint density at radius 1 is 1.88 bits per heavy atom. The highest BCUT2D eigenvalue weighted by atomic mass is 32.1. The first kappa shape index (κ1) is 5.65. The maximum atomic E-state index is 10.3. The summed E-state index contributed by atoms with van der Waals surface area (Å²) in [6.07, 6.45) is 1.56. The molecule has 1 heterocycles. The van der Waals surface area contributed by atoms with Crippen molar-refractivity contribution in [3.8, 4) is 0 Å². The van der Waals surface area contributed by atoms with E-state index in [1.165, 1.54) is 11.3 Å². The predicted molar refractivity (Wildman–Crippen MR) is 34.0 cm³/mol. The van der Waals surface area contributed by atoms with Gasteiger partial charge in [0.2, 0.25) is 0 Å². The third kappa shape index (κ3) is 1.02. The van der Waals surface area contributed by atoms with Crippen LogP contribution in [-0.2, 0) is 0 Å². The van der Waals surface area contributed by atoms with Crippen molar-refractivity contribution in [1.82, 2.24) is 4.98 Å². The molecule has 0 unspecified atom stereocenters. The number of hydrogen-bond acceptors (Lipinski definition) is 3. The van der Waals surface area contributed by atoms with Crippen molar-refractivity contribution in [2.75, 3.05) is 0 Å². The van der Waals surface area contributed by atoms with Crippen LogP contribution in [0.2, 0.25) is 0 Å². The van der Waals surface area contributed by atoms with Gasteiger partial charge < -0.3 is 0 Å². The maximum absolute atomic E-state index is 10.3. The van der Waals surface area contributed by atoms with Gasteiger partial charge in [0.15, 0.2) is 5.01 Å². The van der Waals surface area contributed by atoms with Gasteiger partial charge in [0, 0.05) is 11.6 Å². The molecule has 2 nitrogen and oxygen atoms in total. The van der Waals surface area contributed by atoms with Crippen molar-refractivity contribution < 1.29 is 4.79 Å². The fourth-order valence-electron chi connectivity index (χ4n) is 0.324. The lowest BCUT2D eigenvalue weighted by molar-refractivity contribution is 0.109. The van der Waals surface area contributed by atoms with E-state index in [4.69, 9.17) is 0 Å². The molecular weight excluding hydrogens is 142 g/mol. The monoisotopic (exact) mass is 144 g/mol. The van der Waals surface area contributed by atoms with E-state index >= 15 is 0 Å². The quantitative estimate of drug-likeness (QED) is 0.597. The second kappa shape index (κ2) is 2.19. The van der Waals surface area contributed by atoms with E-state index in [1.807, 2.05) is 0 Å². The lowest BCUT2D eigenvalue weighted by Crippen LogP contribution is -1.83. The molecule has 0 fully saturated rings. The van der Waals surface area contributed by atoms with Crippen LogP contribution in [0.3, 0.4) is 0 Å². The number of hydrogen-bond donors (Lipinski definition) is 0. The third-order valence-corrected chi connectivity index (χ3v) is 1.70. The van der Waals surface area contributed by atoms with Gasteiger partial charge in [-0.2, -0.15) is 0 Å². The Morgan fingerprint density at radius 2 is 2.62 bits per heavy atom. The molecule has 41 valence electrons. The smallest absolute Gasteiger partial charge is 0.274 e. The Kier molecular flexibility index (Phi) is 1.55. The number of thiazole rings is 1. The standard InChI is InChI=1S/C4H2NOS2/c6-4(7)3-5-1-2-8-3/h1-2H. The summed E-state index contributed by atoms with van der Waals surface area (Å²) in [5.74, 6) is 0. The summed E-state index contributed by atoms with van der Waals surface area (Å²) in [6, 6.07) is 0. The van der Waals surface area contributed by atoms with Crippen molar-refractivity contribution in [3.63, 3.8) is 0 Å². The number of rotatable bonds is 1. The number of carbonyl (C=O) groups excluding carboxylic acids is 1. The molecule has 1 rings (SSSR count). The van der Waals surface area contributed by atoms with Crippen LogP contribution in [-0.4, -0.2) is 10.1 Å². The molecule has 0 atom stereocenters. The SMILES string of the molecule is O=C([S])c1nccs1. The molecule has 0 aliphatic heterocycles. The summed E-state index contributed by atoms with van der Waals surface area (Å²) < 4.78 is 0. The summed E-state index contributed by atoms with van der Waals surface area (Å²) in [5.41, 5.74) is 0. The molecule has 0 saturated heterocycles. The second-order valence-electron chi connectivity index (χ2n) is 1.12. The Bertz CT molecular complexity index is 182. The van der Waals surface area contributed by atoms with Gasteiger partial charge in [-0.1, -0.05) is 0 Å². The molecule has 0 N–H and O–H groups in total. The van der Waals surface area contributed by atoms with Crippen LogP contribution in [0.5, 0.6) is 0 Å². The molecule has 1 radical (unpaired) electrons. The first-order valence-corrected chi connectivity index (χ1v) is 3.20. The van der Waals surface area contributed by atoms with Gasteiger partial charge in [-0.15, -0.1) is 11.3 Å². The maximum Gasteiger partial charge on any atom is 0.278 e. The molecule has 1 aromatic heterocycles. The van der Waals surface area contributed by atoms with Crippen LogP contribution in [0.15, 0.2) is 11.6 Å². The first-order chi connectivity index (χ1) is 3.80. The highest BCUT2D eigenvalue weighted by Crippen LogP contribution is 2.05. The van der Waals surface area contributed by atoms with E-state index in [1.54, 1.807) is 11.6 Å². The van der Waals surface area contributed by atoms with Crippen LogP contribution < -0.4 is 0 Å². The van der Waals surface area contributed by atoms with Crippen molar-refractivity contribution in [3.05, 3.63) is 16.6 Å². The highest BCUT2D eigenvalue weighted by Gasteiger charge is 2.00. The summed E-state index contributed by atoms with van der Waals surface area (Å²) in [6.45, 7) is 0. The molecule has 0 aromatic carbocycles. The van der Waals surface area contributed by atoms with Gasteiger partial charge in [0.25, 0.3) is 5.12 Å². The van der Waals surface area contributed by atoms with Gasteiger partial charge in [-0.25, -0.2) is 4.98 Å². The van der Waals surface area contributed by atoms with E-state index in [0.29, 0.717) is 5.01 Å². The Hall–Kier alpha value is -0.480. The van der Waals surface area contributed by atoms with E-state index < -0.39 is 0 Å². The van der Waals surface area contributed by atoms with Crippen LogP contribution in [0.1, 0.15) is 9.80 Å². The first-order valence-electron chi connectivity index (χ1n) is 1.91. The topological polar surface area (TPSA) is 30.0 Å². The zero-order valence-corrected chi connectivity index (χ0v) is 5.46. The van der Waals surface area contributed by atoms with Gasteiger partial charge in [0.1, 0.15) is 0 Å². The van der Waals surface area contributed by atoms with Gasteiger partial charge >= 0.3 is 0 Å². The average molecular weight is 144 g/mol. The van der Waals surface area contributed by atoms with Crippen LogP contribution in [0.25, 0.3) is 0 Å². The molecule has 0 bridgehead atoms. The van der Waals surface area contributed by atoms with Crippen molar-refractivity contribution in [1.29, 1.82) is 0 Å². The summed E-state index contributed by atoms with van der Waals surface area (Å²) in [5, 5.41) is 1.75. The zero-order chi connectivity index (χ0) is 5.98. The molecule has 0 saturated carbocycles. The van der Waals surface area contributed by atoms with Gasteiger partial charge in [0.05, 0.1) is 0 Å². The van der Waals surface area contributed by atoms with E-state index in [0.717, 1.165) is 0 Å². The minimum absolute atomic E-state index is 0.375. The largest absolute Gasteiger partial charge is 0.278 e. The van der Waals surface area contributed by atoms with Gasteiger partial charge in [-0.3, -0.25) is 4.79 Å². The molecule has 0 aliphatic rings. The second-order valence-corrected chi connectivity index (χ2v) is 2.39. The predicted octanol–water partition coefficient (Wildman–Crippen LogP) is 1.48. The normalized spacial score (nSPS) is 9.00. The molecular formula is C4H2NOS2. The molecule has 1 aromatic rings. The molecule has 0 spiro atoms. The highest BCUT2D eigenvalue weighted by molar-refractivity contribution is 7.97. The molecule has 0 amide bonds. The number of carbonyl (C=O) groups is 1. The lowest BCUT2D eigenvalue weighted by atomic mass is 10.8. The average Bonchev–Trinajstić information content (AvgIpc) is 2.12. The lowest BCUT2D eigenvalue weighted by Gasteiger charge is -1.75.